The van der Waals surface area contributed by atoms with Crippen molar-refractivity contribution in [3.63, 3.8) is 0 Å². The van der Waals surface area contributed by atoms with E-state index in [4.69, 9.17) is 5.11 Å². The maximum Gasteiger partial charge on any atom is 0.315 e. The van der Waals surface area contributed by atoms with Gasteiger partial charge in [-0.2, -0.15) is 8.78 Å². The van der Waals surface area contributed by atoms with Gasteiger partial charge in [0.05, 0.1) is 12.1 Å². The van der Waals surface area contributed by atoms with Gasteiger partial charge in [0, 0.05) is 5.38 Å². The Morgan fingerprint density at radius 2 is 2.27 bits per heavy atom. The van der Waals surface area contributed by atoms with E-state index in [9.17, 15) is 18.4 Å². The van der Waals surface area contributed by atoms with Crippen molar-refractivity contribution in [2.24, 2.45) is 0 Å². The normalized spacial score (nSPS) is 10.3. The van der Waals surface area contributed by atoms with Crippen molar-refractivity contribution < 1.29 is 23.5 Å². The lowest BCUT2D eigenvalue weighted by molar-refractivity contribution is -0.136. The van der Waals surface area contributed by atoms with Crippen molar-refractivity contribution in [2.75, 3.05) is 5.32 Å². The lowest BCUT2D eigenvalue weighted by Crippen LogP contribution is -2.19. The van der Waals surface area contributed by atoms with E-state index in [1.54, 1.807) is 0 Å². The summed E-state index contributed by atoms with van der Waals surface area (Å²) >= 11 is 0.898. The van der Waals surface area contributed by atoms with Crippen LogP contribution in [-0.2, 0) is 16.0 Å². The molecule has 0 saturated carbocycles. The van der Waals surface area contributed by atoms with Gasteiger partial charge in [-0.1, -0.05) is 0 Å². The summed E-state index contributed by atoms with van der Waals surface area (Å²) in [6.07, 6.45) is -3.42. The molecule has 0 bridgehead atoms. The molecule has 1 aromatic heterocycles. The predicted octanol–water partition coefficient (Wildman–Crippen LogP) is 0.974. The second kappa shape index (κ2) is 4.78. The van der Waals surface area contributed by atoms with E-state index in [0.29, 0.717) is 0 Å². The molecule has 1 amide bonds. The van der Waals surface area contributed by atoms with Gasteiger partial charge in [0.25, 0.3) is 5.91 Å². The van der Waals surface area contributed by atoms with Crippen LogP contribution >= 0.6 is 11.3 Å². The van der Waals surface area contributed by atoms with Crippen molar-refractivity contribution in [1.82, 2.24) is 4.98 Å². The van der Waals surface area contributed by atoms with Crippen LogP contribution in [0.3, 0.4) is 0 Å². The number of carboxylic acids is 1. The Morgan fingerprint density at radius 3 is 2.80 bits per heavy atom. The summed E-state index contributed by atoms with van der Waals surface area (Å²) in [5.74, 6) is -2.53. The molecule has 0 unspecified atom stereocenters. The summed E-state index contributed by atoms with van der Waals surface area (Å²) < 4.78 is 23.6. The number of aromatic nitrogens is 1. The molecule has 1 aromatic rings. The fourth-order valence-electron chi connectivity index (χ4n) is 0.760. The first kappa shape index (κ1) is 11.5. The van der Waals surface area contributed by atoms with Crippen molar-refractivity contribution in [1.29, 1.82) is 0 Å². The van der Waals surface area contributed by atoms with E-state index >= 15 is 0 Å². The standard InChI is InChI=1S/C7H6F2N2O3S/c8-5(9)6(14)11-7-10-3(2-15-7)1-4(12)13/h2,5H,1H2,(H,12,13)(H,10,11,14). The molecule has 0 aliphatic rings. The topological polar surface area (TPSA) is 79.3 Å². The summed E-state index contributed by atoms with van der Waals surface area (Å²) in [4.78, 5) is 24.4. The van der Waals surface area contributed by atoms with Crippen molar-refractivity contribution >= 4 is 28.3 Å². The quantitative estimate of drug-likeness (QED) is 0.816. The monoisotopic (exact) mass is 236 g/mol. The minimum Gasteiger partial charge on any atom is -0.481 e. The zero-order valence-electron chi connectivity index (χ0n) is 7.24. The van der Waals surface area contributed by atoms with Crippen LogP contribution in [0.1, 0.15) is 5.69 Å². The second-order valence-electron chi connectivity index (χ2n) is 2.50. The van der Waals surface area contributed by atoms with Crippen LogP contribution in [0.25, 0.3) is 0 Å². The first-order valence-corrected chi connectivity index (χ1v) is 4.62. The summed E-state index contributed by atoms with van der Waals surface area (Å²) in [7, 11) is 0. The highest BCUT2D eigenvalue weighted by atomic mass is 32.1. The lowest BCUT2D eigenvalue weighted by Gasteiger charge is -1.98. The molecule has 1 rings (SSSR count). The summed E-state index contributed by atoms with van der Waals surface area (Å²) in [6.45, 7) is 0. The van der Waals surface area contributed by atoms with Gasteiger partial charge in [-0.15, -0.1) is 11.3 Å². The van der Waals surface area contributed by atoms with E-state index in [0.717, 1.165) is 11.3 Å². The highest BCUT2D eigenvalue weighted by Crippen LogP contribution is 2.16. The number of nitrogens with one attached hydrogen (secondary N) is 1. The number of anilines is 1. The van der Waals surface area contributed by atoms with E-state index in [-0.39, 0.29) is 17.2 Å². The molecule has 5 nitrogen and oxygen atoms in total. The smallest absolute Gasteiger partial charge is 0.315 e. The minimum atomic E-state index is -3.11. The van der Waals surface area contributed by atoms with E-state index in [2.05, 4.69) is 4.98 Å². The van der Waals surface area contributed by atoms with E-state index in [1.807, 2.05) is 5.32 Å². The number of carboxylic acid groups (broad SMARTS) is 1. The largest absolute Gasteiger partial charge is 0.481 e. The fraction of sp³-hybridized carbons (Fsp3) is 0.286. The second-order valence-corrected chi connectivity index (χ2v) is 3.36. The van der Waals surface area contributed by atoms with Gasteiger partial charge >= 0.3 is 12.4 Å². The number of hydrogen-bond acceptors (Lipinski definition) is 4. The molecular formula is C7H6F2N2O3S. The fourth-order valence-corrected chi connectivity index (χ4v) is 1.47. The molecule has 0 aliphatic carbocycles. The zero-order chi connectivity index (χ0) is 11.4. The molecule has 0 fully saturated rings. The number of amides is 1. The van der Waals surface area contributed by atoms with Crippen molar-refractivity contribution in [3.8, 4) is 0 Å². The molecule has 0 saturated heterocycles. The minimum absolute atomic E-state index is 0.0310. The third-order valence-corrected chi connectivity index (χ3v) is 2.12. The van der Waals surface area contributed by atoms with Crippen LogP contribution in [0.4, 0.5) is 13.9 Å². The Kier molecular flexibility index (Phi) is 3.67. The maximum absolute atomic E-state index is 11.8. The van der Waals surface area contributed by atoms with Crippen molar-refractivity contribution in [3.05, 3.63) is 11.1 Å². The Hall–Kier alpha value is -1.57. The number of alkyl halides is 2. The number of rotatable bonds is 4. The van der Waals surface area contributed by atoms with Gasteiger partial charge < -0.3 is 5.11 Å². The molecule has 0 aliphatic heterocycles. The van der Waals surface area contributed by atoms with Crippen LogP contribution in [0.5, 0.6) is 0 Å². The molecule has 0 atom stereocenters. The highest BCUT2D eigenvalue weighted by molar-refractivity contribution is 7.13. The van der Waals surface area contributed by atoms with Gasteiger partial charge in [0.15, 0.2) is 5.13 Å². The number of halogens is 2. The van der Waals surface area contributed by atoms with Crippen LogP contribution < -0.4 is 5.32 Å². The number of nitrogens with zero attached hydrogens (tertiary/aromatic N) is 1. The summed E-state index contributed by atoms with van der Waals surface area (Å²) in [5.41, 5.74) is 0.220. The molecule has 82 valence electrons. The molecular weight excluding hydrogens is 230 g/mol. The Bertz CT molecular complexity index is 380. The predicted molar refractivity (Wildman–Crippen MR) is 48.1 cm³/mol. The van der Waals surface area contributed by atoms with Crippen LogP contribution in [0, 0.1) is 0 Å². The number of thiazole rings is 1. The van der Waals surface area contributed by atoms with E-state index in [1.165, 1.54) is 5.38 Å². The molecule has 2 N–H and O–H groups in total. The molecule has 0 spiro atoms. The average Bonchev–Trinajstić information content (AvgIpc) is 2.51. The lowest BCUT2D eigenvalue weighted by atomic mass is 10.3. The Morgan fingerprint density at radius 1 is 1.60 bits per heavy atom. The third kappa shape index (κ3) is 3.58. The zero-order valence-corrected chi connectivity index (χ0v) is 8.05. The van der Waals surface area contributed by atoms with Crippen LogP contribution in [0.15, 0.2) is 5.38 Å². The number of carbonyl (C=O) groups excluding carboxylic acids is 1. The highest BCUT2D eigenvalue weighted by Gasteiger charge is 2.16. The maximum atomic E-state index is 11.8. The number of aliphatic carboxylic acids is 1. The van der Waals surface area contributed by atoms with Crippen molar-refractivity contribution in [2.45, 2.75) is 12.8 Å². The molecule has 0 aromatic carbocycles. The molecule has 0 radical (unpaired) electrons. The van der Waals surface area contributed by atoms with Crippen LogP contribution in [-0.4, -0.2) is 28.4 Å². The Labute approximate surface area is 86.7 Å². The summed E-state index contributed by atoms with van der Waals surface area (Å²) in [6, 6.07) is 0. The van der Waals surface area contributed by atoms with Crippen LogP contribution in [0.2, 0.25) is 0 Å². The number of hydrogen-bond donors (Lipinski definition) is 2. The van der Waals surface area contributed by atoms with Gasteiger partial charge in [-0.3, -0.25) is 14.9 Å². The number of carbonyl (C=O) groups is 2. The first-order valence-electron chi connectivity index (χ1n) is 3.74. The van der Waals surface area contributed by atoms with E-state index < -0.39 is 18.3 Å². The Balaban J connectivity index is 2.60. The van der Waals surface area contributed by atoms with Gasteiger partial charge in [-0.25, -0.2) is 4.98 Å². The molecule has 15 heavy (non-hydrogen) atoms. The van der Waals surface area contributed by atoms with Gasteiger partial charge in [0.2, 0.25) is 0 Å². The van der Waals surface area contributed by atoms with Gasteiger partial charge in [-0.05, 0) is 0 Å². The van der Waals surface area contributed by atoms with Gasteiger partial charge in [0.1, 0.15) is 0 Å². The first-order chi connectivity index (χ1) is 6.99. The summed E-state index contributed by atoms with van der Waals surface area (Å²) in [5, 5.41) is 11.6. The average molecular weight is 236 g/mol. The SMILES string of the molecule is O=C(O)Cc1csc(NC(=O)C(F)F)n1. The molecule has 8 heteroatoms. The third-order valence-electron chi connectivity index (χ3n) is 1.31. The molecule has 1 heterocycles.